The van der Waals surface area contributed by atoms with Crippen LogP contribution in [-0.4, -0.2) is 40.2 Å². The summed E-state index contributed by atoms with van der Waals surface area (Å²) in [5.74, 6) is 0. The van der Waals surface area contributed by atoms with Crippen LogP contribution >= 0.6 is 11.3 Å². The molecule has 1 N–H and O–H groups in total. The molecule has 0 aliphatic carbocycles. The second-order valence-corrected chi connectivity index (χ2v) is 5.31. The third-order valence-electron chi connectivity index (χ3n) is 2.96. The highest BCUT2D eigenvalue weighted by Gasteiger charge is 2.38. The molecule has 0 saturated carbocycles. The number of rotatable bonds is 2. The third-order valence-corrected chi connectivity index (χ3v) is 3.74. The Kier molecular flexibility index (Phi) is 2.60. The Morgan fingerprint density at radius 3 is 3.07 bits per heavy atom. The monoisotopic (exact) mass is 212 g/mol. The molecule has 1 aromatic rings. The van der Waals surface area contributed by atoms with Gasteiger partial charge in [0.15, 0.2) is 0 Å². The summed E-state index contributed by atoms with van der Waals surface area (Å²) in [6.07, 6.45) is 3.46. The Morgan fingerprint density at radius 1 is 1.79 bits per heavy atom. The molecule has 0 aromatic carbocycles. The SMILES string of the molecule is CC1CC(O)(Cc2cncs2)CN1C. The zero-order valence-corrected chi connectivity index (χ0v) is 9.42. The molecule has 2 rings (SSSR count). The molecule has 0 amide bonds. The summed E-state index contributed by atoms with van der Waals surface area (Å²) in [6, 6.07) is 0.480. The third kappa shape index (κ3) is 1.97. The molecule has 1 fully saturated rings. The fourth-order valence-corrected chi connectivity index (χ4v) is 2.90. The summed E-state index contributed by atoms with van der Waals surface area (Å²) < 4.78 is 0. The van der Waals surface area contributed by atoms with Gasteiger partial charge in [-0.1, -0.05) is 0 Å². The van der Waals surface area contributed by atoms with Crippen LogP contribution < -0.4 is 0 Å². The fraction of sp³-hybridized carbons (Fsp3) is 0.700. The quantitative estimate of drug-likeness (QED) is 0.798. The van der Waals surface area contributed by atoms with Gasteiger partial charge in [-0.25, -0.2) is 0 Å². The van der Waals surface area contributed by atoms with E-state index in [9.17, 15) is 5.11 Å². The molecule has 3 nitrogen and oxygen atoms in total. The van der Waals surface area contributed by atoms with Crippen LogP contribution in [0.1, 0.15) is 18.2 Å². The first-order valence-corrected chi connectivity index (χ1v) is 5.77. The first-order chi connectivity index (χ1) is 6.59. The van der Waals surface area contributed by atoms with Gasteiger partial charge in [0.1, 0.15) is 0 Å². The Morgan fingerprint density at radius 2 is 2.57 bits per heavy atom. The standard InChI is InChI=1S/C10H16N2OS/c1-8-3-10(13,6-12(8)2)4-9-5-11-7-14-9/h5,7-8,13H,3-4,6H2,1-2H3. The van der Waals surface area contributed by atoms with E-state index < -0.39 is 5.60 Å². The zero-order valence-electron chi connectivity index (χ0n) is 8.60. The van der Waals surface area contributed by atoms with Gasteiger partial charge in [0.25, 0.3) is 0 Å². The Balaban J connectivity index is 2.04. The van der Waals surface area contributed by atoms with Crippen molar-refractivity contribution in [2.24, 2.45) is 0 Å². The summed E-state index contributed by atoms with van der Waals surface area (Å²) in [4.78, 5) is 7.41. The van der Waals surface area contributed by atoms with E-state index in [-0.39, 0.29) is 0 Å². The molecular formula is C10H16N2OS. The van der Waals surface area contributed by atoms with Gasteiger partial charge >= 0.3 is 0 Å². The first-order valence-electron chi connectivity index (χ1n) is 4.89. The van der Waals surface area contributed by atoms with Crippen molar-refractivity contribution in [1.29, 1.82) is 0 Å². The number of likely N-dealkylation sites (tertiary alicyclic amines) is 1. The number of aliphatic hydroxyl groups is 1. The number of nitrogens with zero attached hydrogens (tertiary/aromatic N) is 2. The van der Waals surface area contributed by atoms with Gasteiger partial charge in [-0.3, -0.25) is 4.98 Å². The summed E-state index contributed by atoms with van der Waals surface area (Å²) in [5.41, 5.74) is 1.28. The van der Waals surface area contributed by atoms with E-state index in [4.69, 9.17) is 0 Å². The lowest BCUT2D eigenvalue weighted by Gasteiger charge is -2.20. The highest BCUT2D eigenvalue weighted by Crippen LogP contribution is 2.29. The van der Waals surface area contributed by atoms with Crippen LogP contribution in [0, 0.1) is 0 Å². The van der Waals surface area contributed by atoms with Gasteiger partial charge in [-0.15, -0.1) is 11.3 Å². The minimum absolute atomic E-state index is 0.480. The molecule has 0 bridgehead atoms. The van der Waals surface area contributed by atoms with E-state index in [1.54, 1.807) is 11.3 Å². The lowest BCUT2D eigenvalue weighted by Crippen LogP contribution is -2.34. The molecule has 1 aliphatic heterocycles. The van der Waals surface area contributed by atoms with Crippen molar-refractivity contribution in [3.05, 3.63) is 16.6 Å². The number of aromatic nitrogens is 1. The molecule has 2 heterocycles. The van der Waals surface area contributed by atoms with E-state index in [0.717, 1.165) is 19.4 Å². The van der Waals surface area contributed by atoms with Crippen LogP contribution in [0.15, 0.2) is 11.7 Å². The molecule has 0 spiro atoms. The van der Waals surface area contributed by atoms with E-state index in [0.29, 0.717) is 6.04 Å². The molecule has 2 atom stereocenters. The van der Waals surface area contributed by atoms with Crippen LogP contribution in [0.25, 0.3) is 0 Å². The van der Waals surface area contributed by atoms with Gasteiger partial charge in [-0.2, -0.15) is 0 Å². The average Bonchev–Trinajstić information content (AvgIpc) is 2.62. The van der Waals surface area contributed by atoms with Gasteiger partial charge in [0.05, 0.1) is 11.1 Å². The van der Waals surface area contributed by atoms with Crippen LogP contribution in [0.2, 0.25) is 0 Å². The van der Waals surface area contributed by atoms with Gasteiger partial charge in [0, 0.05) is 30.1 Å². The number of β-amino-alcohol motifs (C(OH)–C–C–N with tert-alkyl or cyclic N) is 1. The molecule has 1 aliphatic rings. The summed E-state index contributed by atoms with van der Waals surface area (Å²) in [7, 11) is 2.06. The Labute approximate surface area is 88.4 Å². The summed E-state index contributed by atoms with van der Waals surface area (Å²) in [6.45, 7) is 2.93. The van der Waals surface area contributed by atoms with E-state index in [1.807, 2.05) is 11.7 Å². The smallest absolute Gasteiger partial charge is 0.0837 e. The molecule has 2 unspecified atom stereocenters. The van der Waals surface area contributed by atoms with Gasteiger partial charge < -0.3 is 10.0 Å². The topological polar surface area (TPSA) is 36.4 Å². The van der Waals surface area contributed by atoms with Gasteiger partial charge in [-0.05, 0) is 20.4 Å². The molecule has 1 saturated heterocycles. The number of thiazole rings is 1. The summed E-state index contributed by atoms with van der Waals surface area (Å²) >= 11 is 1.62. The molecule has 1 aromatic heterocycles. The molecule has 14 heavy (non-hydrogen) atoms. The van der Waals surface area contributed by atoms with E-state index >= 15 is 0 Å². The van der Waals surface area contributed by atoms with Crippen LogP contribution in [0.5, 0.6) is 0 Å². The fourth-order valence-electron chi connectivity index (χ4n) is 2.17. The van der Waals surface area contributed by atoms with Crippen molar-refractivity contribution in [3.63, 3.8) is 0 Å². The maximum atomic E-state index is 10.3. The van der Waals surface area contributed by atoms with Crippen molar-refractivity contribution in [2.45, 2.75) is 31.4 Å². The van der Waals surface area contributed by atoms with Crippen LogP contribution in [0.4, 0.5) is 0 Å². The predicted octanol–water partition coefficient (Wildman–Crippen LogP) is 1.14. The first kappa shape index (κ1) is 10.1. The van der Waals surface area contributed by atoms with Crippen molar-refractivity contribution in [1.82, 2.24) is 9.88 Å². The molecule has 0 radical (unpaired) electrons. The minimum Gasteiger partial charge on any atom is -0.388 e. The van der Waals surface area contributed by atoms with Crippen molar-refractivity contribution >= 4 is 11.3 Å². The predicted molar refractivity (Wildman–Crippen MR) is 57.5 cm³/mol. The van der Waals surface area contributed by atoms with E-state index in [2.05, 4.69) is 23.9 Å². The average molecular weight is 212 g/mol. The summed E-state index contributed by atoms with van der Waals surface area (Å²) in [5, 5.41) is 10.3. The van der Waals surface area contributed by atoms with Gasteiger partial charge in [0.2, 0.25) is 0 Å². The normalized spacial score (nSPS) is 33.8. The maximum Gasteiger partial charge on any atom is 0.0837 e. The molecular weight excluding hydrogens is 196 g/mol. The highest BCUT2D eigenvalue weighted by atomic mass is 32.1. The highest BCUT2D eigenvalue weighted by molar-refractivity contribution is 7.09. The van der Waals surface area contributed by atoms with Crippen molar-refractivity contribution < 1.29 is 5.11 Å². The number of hydrogen-bond acceptors (Lipinski definition) is 4. The number of likely N-dealkylation sites (N-methyl/N-ethyl adjacent to an activating group) is 1. The van der Waals surface area contributed by atoms with E-state index in [1.165, 1.54) is 4.88 Å². The van der Waals surface area contributed by atoms with Crippen molar-refractivity contribution in [2.75, 3.05) is 13.6 Å². The largest absolute Gasteiger partial charge is 0.388 e. The number of hydrogen-bond donors (Lipinski definition) is 1. The Bertz CT molecular complexity index is 289. The lowest BCUT2D eigenvalue weighted by molar-refractivity contribution is 0.0528. The second kappa shape index (κ2) is 3.61. The lowest BCUT2D eigenvalue weighted by atomic mass is 9.96. The minimum atomic E-state index is -0.541. The zero-order chi connectivity index (χ0) is 10.2. The molecule has 78 valence electrons. The maximum absolute atomic E-state index is 10.3. The van der Waals surface area contributed by atoms with Crippen molar-refractivity contribution in [3.8, 4) is 0 Å². The Hall–Kier alpha value is -0.450. The molecule has 4 heteroatoms. The van der Waals surface area contributed by atoms with Crippen LogP contribution in [0.3, 0.4) is 0 Å². The van der Waals surface area contributed by atoms with Crippen LogP contribution in [-0.2, 0) is 6.42 Å². The second-order valence-electron chi connectivity index (χ2n) is 4.34.